The molecule has 11 heavy (non-hydrogen) atoms. The van der Waals surface area contributed by atoms with E-state index in [0.29, 0.717) is 19.5 Å². The first-order chi connectivity index (χ1) is 5.31. The van der Waals surface area contributed by atoms with Crippen molar-refractivity contribution in [3.8, 4) is 12.3 Å². The molecule has 0 rings (SSSR count). The summed E-state index contributed by atoms with van der Waals surface area (Å²) in [6.07, 6.45) is 5.45. The molecule has 0 spiro atoms. The van der Waals surface area contributed by atoms with Crippen LogP contribution in [0, 0.1) is 12.3 Å². The van der Waals surface area contributed by atoms with Crippen molar-refractivity contribution >= 4 is 5.91 Å². The van der Waals surface area contributed by atoms with Crippen molar-refractivity contribution in [2.45, 2.75) is 13.3 Å². The summed E-state index contributed by atoms with van der Waals surface area (Å²) in [5.41, 5.74) is 0. The molecule has 0 heterocycles. The van der Waals surface area contributed by atoms with E-state index in [1.165, 1.54) is 0 Å². The van der Waals surface area contributed by atoms with Gasteiger partial charge in [-0.05, 0) is 6.54 Å². The van der Waals surface area contributed by atoms with Gasteiger partial charge in [0.05, 0.1) is 6.54 Å². The first kappa shape index (κ1) is 9.99. The van der Waals surface area contributed by atoms with Crippen LogP contribution in [0.4, 0.5) is 0 Å². The predicted octanol–water partition coefficient (Wildman–Crippen LogP) is -0.265. The highest BCUT2D eigenvalue weighted by molar-refractivity contribution is 5.76. The third-order valence-electron chi connectivity index (χ3n) is 1.17. The van der Waals surface area contributed by atoms with Crippen LogP contribution in [0.3, 0.4) is 0 Å². The molecule has 3 nitrogen and oxygen atoms in total. The summed E-state index contributed by atoms with van der Waals surface area (Å²) in [6, 6.07) is 0. The number of amides is 1. The number of nitrogens with one attached hydrogen (secondary N) is 2. The highest BCUT2D eigenvalue weighted by Crippen LogP contribution is 1.75. The van der Waals surface area contributed by atoms with Crippen LogP contribution in [0.2, 0.25) is 0 Å². The average Bonchev–Trinajstić information content (AvgIpc) is 2.01. The zero-order valence-electron chi connectivity index (χ0n) is 6.81. The number of hydrogen-bond donors (Lipinski definition) is 2. The van der Waals surface area contributed by atoms with E-state index < -0.39 is 0 Å². The van der Waals surface area contributed by atoms with Gasteiger partial charge in [0, 0.05) is 13.0 Å². The van der Waals surface area contributed by atoms with Gasteiger partial charge in [-0.3, -0.25) is 4.79 Å². The zero-order valence-corrected chi connectivity index (χ0v) is 6.81. The Kier molecular flexibility index (Phi) is 6.45. The standard InChI is InChI=1S/C8H14N2O/c1-3-6-10-8(11)5-7-9-4-2/h1,9H,4-7H2,2H3,(H,10,11). The molecular formula is C8H14N2O. The summed E-state index contributed by atoms with van der Waals surface area (Å²) in [5, 5.41) is 5.62. The number of carbonyl (C=O) groups is 1. The topological polar surface area (TPSA) is 41.1 Å². The van der Waals surface area contributed by atoms with Crippen LogP contribution in [0.5, 0.6) is 0 Å². The molecule has 0 aliphatic carbocycles. The second-order valence-corrected chi connectivity index (χ2v) is 2.08. The predicted molar refractivity (Wildman–Crippen MR) is 45.0 cm³/mol. The summed E-state index contributed by atoms with van der Waals surface area (Å²) >= 11 is 0. The highest BCUT2D eigenvalue weighted by atomic mass is 16.1. The Bertz CT molecular complexity index is 149. The quantitative estimate of drug-likeness (QED) is 0.423. The van der Waals surface area contributed by atoms with Gasteiger partial charge < -0.3 is 10.6 Å². The molecule has 0 aromatic heterocycles. The van der Waals surface area contributed by atoms with Crippen molar-refractivity contribution < 1.29 is 4.79 Å². The fraction of sp³-hybridized carbons (Fsp3) is 0.625. The van der Waals surface area contributed by atoms with Crippen molar-refractivity contribution in [1.82, 2.24) is 10.6 Å². The van der Waals surface area contributed by atoms with E-state index in [1.54, 1.807) is 0 Å². The van der Waals surface area contributed by atoms with Gasteiger partial charge >= 0.3 is 0 Å². The lowest BCUT2D eigenvalue weighted by atomic mass is 10.4. The molecule has 0 aliphatic rings. The van der Waals surface area contributed by atoms with Gasteiger partial charge in [-0.15, -0.1) is 6.42 Å². The van der Waals surface area contributed by atoms with Gasteiger partial charge in [0.2, 0.25) is 5.91 Å². The van der Waals surface area contributed by atoms with Crippen molar-refractivity contribution in [1.29, 1.82) is 0 Å². The zero-order chi connectivity index (χ0) is 8.53. The van der Waals surface area contributed by atoms with Crippen molar-refractivity contribution in [3.05, 3.63) is 0 Å². The maximum Gasteiger partial charge on any atom is 0.222 e. The van der Waals surface area contributed by atoms with Gasteiger partial charge in [0.15, 0.2) is 0 Å². The Hall–Kier alpha value is -1.01. The summed E-state index contributed by atoms with van der Waals surface area (Å²) in [7, 11) is 0. The molecule has 0 bridgehead atoms. The second kappa shape index (κ2) is 7.10. The van der Waals surface area contributed by atoms with Crippen LogP contribution in [-0.2, 0) is 4.79 Å². The molecular weight excluding hydrogens is 140 g/mol. The van der Waals surface area contributed by atoms with Gasteiger partial charge in [0.1, 0.15) is 0 Å². The van der Waals surface area contributed by atoms with Crippen molar-refractivity contribution in [2.75, 3.05) is 19.6 Å². The fourth-order valence-corrected chi connectivity index (χ4v) is 0.617. The molecule has 0 atom stereocenters. The smallest absolute Gasteiger partial charge is 0.222 e. The number of terminal acetylenes is 1. The Labute approximate surface area is 67.6 Å². The third-order valence-corrected chi connectivity index (χ3v) is 1.17. The summed E-state index contributed by atoms with van der Waals surface area (Å²) in [6.45, 7) is 3.93. The summed E-state index contributed by atoms with van der Waals surface area (Å²) < 4.78 is 0. The number of carbonyl (C=O) groups excluding carboxylic acids is 1. The van der Waals surface area contributed by atoms with Gasteiger partial charge in [-0.25, -0.2) is 0 Å². The molecule has 0 unspecified atom stereocenters. The van der Waals surface area contributed by atoms with E-state index >= 15 is 0 Å². The molecule has 2 N–H and O–H groups in total. The van der Waals surface area contributed by atoms with Crippen molar-refractivity contribution in [3.63, 3.8) is 0 Å². The molecule has 62 valence electrons. The Morgan fingerprint density at radius 3 is 2.91 bits per heavy atom. The molecule has 0 radical (unpaired) electrons. The SMILES string of the molecule is C#CCNC(=O)CCNCC. The maximum absolute atomic E-state index is 10.8. The van der Waals surface area contributed by atoms with Gasteiger partial charge in [0.25, 0.3) is 0 Å². The molecule has 3 heteroatoms. The Morgan fingerprint density at radius 2 is 2.36 bits per heavy atom. The van der Waals surface area contributed by atoms with E-state index in [9.17, 15) is 4.79 Å². The van der Waals surface area contributed by atoms with E-state index in [2.05, 4.69) is 16.6 Å². The Morgan fingerprint density at radius 1 is 1.64 bits per heavy atom. The molecule has 0 saturated carbocycles. The van der Waals surface area contributed by atoms with Crippen LogP contribution >= 0.6 is 0 Å². The number of hydrogen-bond acceptors (Lipinski definition) is 2. The van der Waals surface area contributed by atoms with E-state index in [1.807, 2.05) is 6.92 Å². The second-order valence-electron chi connectivity index (χ2n) is 2.08. The maximum atomic E-state index is 10.8. The first-order valence-electron chi connectivity index (χ1n) is 3.72. The third kappa shape index (κ3) is 6.88. The van der Waals surface area contributed by atoms with Crippen molar-refractivity contribution in [2.24, 2.45) is 0 Å². The monoisotopic (exact) mass is 154 g/mol. The van der Waals surface area contributed by atoms with E-state index in [4.69, 9.17) is 6.42 Å². The van der Waals surface area contributed by atoms with Crippen LogP contribution in [0.15, 0.2) is 0 Å². The minimum Gasteiger partial charge on any atom is -0.345 e. The lowest BCUT2D eigenvalue weighted by molar-refractivity contribution is -0.120. The van der Waals surface area contributed by atoms with Gasteiger partial charge in [-0.1, -0.05) is 12.8 Å². The largest absolute Gasteiger partial charge is 0.345 e. The lowest BCUT2D eigenvalue weighted by Crippen LogP contribution is -2.27. The van der Waals surface area contributed by atoms with E-state index in [0.717, 1.165) is 6.54 Å². The molecule has 0 aromatic carbocycles. The summed E-state index contributed by atoms with van der Waals surface area (Å²) in [5.74, 6) is 2.34. The average molecular weight is 154 g/mol. The van der Waals surface area contributed by atoms with Crippen LogP contribution in [-0.4, -0.2) is 25.5 Å². The highest BCUT2D eigenvalue weighted by Gasteiger charge is 1.96. The van der Waals surface area contributed by atoms with Gasteiger partial charge in [-0.2, -0.15) is 0 Å². The minimum absolute atomic E-state index is 0.00361. The molecule has 0 fully saturated rings. The molecule has 0 saturated heterocycles. The first-order valence-corrected chi connectivity index (χ1v) is 3.72. The Balaban J connectivity index is 3.17. The molecule has 0 aliphatic heterocycles. The van der Waals surface area contributed by atoms with Crippen LogP contribution in [0.25, 0.3) is 0 Å². The van der Waals surface area contributed by atoms with E-state index in [-0.39, 0.29) is 5.91 Å². The molecule has 1 amide bonds. The van der Waals surface area contributed by atoms with Crippen LogP contribution < -0.4 is 10.6 Å². The lowest BCUT2D eigenvalue weighted by Gasteiger charge is -2.00. The molecule has 0 aromatic rings. The fourth-order valence-electron chi connectivity index (χ4n) is 0.617. The normalized spacial score (nSPS) is 8.73. The minimum atomic E-state index is 0.00361. The summed E-state index contributed by atoms with van der Waals surface area (Å²) in [4.78, 5) is 10.8. The number of rotatable bonds is 5. The van der Waals surface area contributed by atoms with Crippen LogP contribution in [0.1, 0.15) is 13.3 Å².